The molecule has 0 amide bonds. The number of hydrogen-bond acceptors (Lipinski definition) is 2. The van der Waals surface area contributed by atoms with E-state index in [1.165, 1.54) is 6.42 Å². The van der Waals surface area contributed by atoms with Crippen LogP contribution in [0, 0.1) is 11.8 Å². The predicted molar refractivity (Wildman–Crippen MR) is 68.6 cm³/mol. The summed E-state index contributed by atoms with van der Waals surface area (Å²) in [6.07, 6.45) is 7.58. The van der Waals surface area contributed by atoms with Crippen molar-refractivity contribution in [3.05, 3.63) is 25.3 Å². The fourth-order valence-electron chi connectivity index (χ4n) is 1.70. The minimum absolute atomic E-state index is 0.0969. The van der Waals surface area contributed by atoms with Crippen LogP contribution in [0.15, 0.2) is 25.3 Å². The Morgan fingerprint density at radius 1 is 1.33 bits per heavy atom. The zero-order valence-electron chi connectivity index (χ0n) is 10.2. The monoisotopic (exact) mass is 210 g/mol. The lowest BCUT2D eigenvalue weighted by molar-refractivity contribution is 0.377. The van der Waals surface area contributed by atoms with E-state index in [-0.39, 0.29) is 6.17 Å². The van der Waals surface area contributed by atoms with E-state index in [4.69, 9.17) is 5.73 Å². The molecule has 0 aromatic rings. The van der Waals surface area contributed by atoms with E-state index >= 15 is 0 Å². The summed E-state index contributed by atoms with van der Waals surface area (Å²) in [6.45, 7) is 12.8. The molecule has 0 heterocycles. The Kier molecular flexibility index (Phi) is 8.34. The first kappa shape index (κ1) is 14.4. The molecule has 0 radical (unpaired) electrons. The Morgan fingerprint density at radius 2 is 2.00 bits per heavy atom. The molecule has 2 heteroatoms. The van der Waals surface area contributed by atoms with Gasteiger partial charge in [0.05, 0.1) is 6.17 Å². The fourth-order valence-corrected chi connectivity index (χ4v) is 1.70. The molecule has 0 fully saturated rings. The molecule has 0 aromatic carbocycles. The summed E-state index contributed by atoms with van der Waals surface area (Å²) < 4.78 is 0. The molecule has 0 aliphatic heterocycles. The van der Waals surface area contributed by atoms with Crippen molar-refractivity contribution in [2.45, 2.75) is 39.3 Å². The highest BCUT2D eigenvalue weighted by Crippen LogP contribution is 2.22. The number of rotatable bonds is 9. The Balaban J connectivity index is 3.75. The molecule has 0 aromatic heterocycles. The molecule has 3 unspecified atom stereocenters. The van der Waals surface area contributed by atoms with Gasteiger partial charge in [-0.2, -0.15) is 0 Å². The van der Waals surface area contributed by atoms with Crippen LogP contribution in [0.4, 0.5) is 0 Å². The fraction of sp³-hybridized carbons (Fsp3) is 0.692. The van der Waals surface area contributed by atoms with Crippen LogP contribution < -0.4 is 11.1 Å². The molecule has 2 nitrogen and oxygen atoms in total. The van der Waals surface area contributed by atoms with Crippen molar-refractivity contribution in [1.82, 2.24) is 5.32 Å². The van der Waals surface area contributed by atoms with E-state index in [1.807, 2.05) is 19.1 Å². The standard InChI is InChI=1S/C13H26N2/c1-5-8-13(11(3)6-2)9-7-10-15-12(4)14/h5-6,11-13,15H,1-2,7-10,14H2,3-4H3. The molecule has 3 N–H and O–H groups in total. The van der Waals surface area contributed by atoms with Crippen molar-refractivity contribution in [3.8, 4) is 0 Å². The van der Waals surface area contributed by atoms with E-state index in [2.05, 4.69) is 25.4 Å². The Labute approximate surface area is 94.6 Å². The zero-order valence-corrected chi connectivity index (χ0v) is 10.2. The van der Waals surface area contributed by atoms with Crippen LogP contribution in [0.1, 0.15) is 33.1 Å². The van der Waals surface area contributed by atoms with E-state index < -0.39 is 0 Å². The Hall–Kier alpha value is -0.600. The molecular formula is C13H26N2. The van der Waals surface area contributed by atoms with Gasteiger partial charge in [-0.25, -0.2) is 0 Å². The van der Waals surface area contributed by atoms with Gasteiger partial charge in [0.15, 0.2) is 0 Å². The average molecular weight is 210 g/mol. The minimum atomic E-state index is 0.0969. The quantitative estimate of drug-likeness (QED) is 0.349. The molecule has 88 valence electrons. The molecule has 0 aliphatic rings. The van der Waals surface area contributed by atoms with Gasteiger partial charge in [-0.1, -0.05) is 19.1 Å². The smallest absolute Gasteiger partial charge is 0.0517 e. The van der Waals surface area contributed by atoms with E-state index in [0.717, 1.165) is 19.4 Å². The molecule has 15 heavy (non-hydrogen) atoms. The van der Waals surface area contributed by atoms with E-state index in [0.29, 0.717) is 11.8 Å². The largest absolute Gasteiger partial charge is 0.316 e. The second kappa shape index (κ2) is 8.69. The first-order chi connectivity index (χ1) is 7.11. The summed E-state index contributed by atoms with van der Waals surface area (Å²) in [6, 6.07) is 0. The first-order valence-corrected chi connectivity index (χ1v) is 5.84. The third-order valence-corrected chi connectivity index (χ3v) is 2.80. The third-order valence-electron chi connectivity index (χ3n) is 2.80. The highest BCUT2D eigenvalue weighted by Gasteiger charge is 2.12. The van der Waals surface area contributed by atoms with Crippen molar-refractivity contribution in [3.63, 3.8) is 0 Å². The van der Waals surface area contributed by atoms with Crippen molar-refractivity contribution in [2.75, 3.05) is 6.54 Å². The molecule has 0 rings (SSSR count). The number of allylic oxidation sites excluding steroid dienone is 2. The summed E-state index contributed by atoms with van der Waals surface area (Å²) in [5.74, 6) is 1.24. The van der Waals surface area contributed by atoms with Gasteiger partial charge in [-0.3, -0.25) is 0 Å². The second-order valence-electron chi connectivity index (χ2n) is 4.26. The summed E-state index contributed by atoms with van der Waals surface area (Å²) in [7, 11) is 0. The lowest BCUT2D eigenvalue weighted by atomic mass is 9.87. The number of nitrogens with one attached hydrogen (secondary N) is 1. The van der Waals surface area contributed by atoms with Gasteiger partial charge in [0, 0.05) is 0 Å². The molecule has 0 bridgehead atoms. The molecular weight excluding hydrogens is 184 g/mol. The lowest BCUT2D eigenvalue weighted by Crippen LogP contribution is -2.34. The van der Waals surface area contributed by atoms with Crippen molar-refractivity contribution in [1.29, 1.82) is 0 Å². The van der Waals surface area contributed by atoms with Crippen molar-refractivity contribution in [2.24, 2.45) is 17.6 Å². The van der Waals surface area contributed by atoms with Crippen molar-refractivity contribution < 1.29 is 0 Å². The molecule has 0 saturated heterocycles. The van der Waals surface area contributed by atoms with E-state index in [1.54, 1.807) is 0 Å². The Morgan fingerprint density at radius 3 is 2.47 bits per heavy atom. The zero-order chi connectivity index (χ0) is 11.7. The van der Waals surface area contributed by atoms with Gasteiger partial charge in [0.1, 0.15) is 0 Å². The second-order valence-corrected chi connectivity index (χ2v) is 4.26. The highest BCUT2D eigenvalue weighted by atomic mass is 15.0. The maximum absolute atomic E-state index is 5.61. The number of nitrogens with two attached hydrogens (primary N) is 1. The van der Waals surface area contributed by atoms with Gasteiger partial charge in [0.2, 0.25) is 0 Å². The number of hydrogen-bond donors (Lipinski definition) is 2. The highest BCUT2D eigenvalue weighted by molar-refractivity contribution is 4.85. The summed E-state index contributed by atoms with van der Waals surface area (Å²) in [5, 5.41) is 3.23. The minimum Gasteiger partial charge on any atom is -0.316 e. The molecule has 3 atom stereocenters. The molecule has 0 spiro atoms. The SMILES string of the molecule is C=CCC(CCCNC(C)N)C(C)C=C. The van der Waals surface area contributed by atoms with Crippen LogP contribution in [0.3, 0.4) is 0 Å². The van der Waals surface area contributed by atoms with Crippen LogP contribution >= 0.6 is 0 Å². The normalized spacial score (nSPS) is 16.7. The average Bonchev–Trinajstić information content (AvgIpc) is 2.21. The van der Waals surface area contributed by atoms with Gasteiger partial charge in [0.25, 0.3) is 0 Å². The van der Waals surface area contributed by atoms with Crippen LogP contribution in [0.25, 0.3) is 0 Å². The van der Waals surface area contributed by atoms with Gasteiger partial charge in [-0.05, 0) is 44.6 Å². The first-order valence-electron chi connectivity index (χ1n) is 5.84. The van der Waals surface area contributed by atoms with Crippen LogP contribution in [0.2, 0.25) is 0 Å². The van der Waals surface area contributed by atoms with Gasteiger partial charge < -0.3 is 11.1 Å². The molecule has 0 saturated carbocycles. The van der Waals surface area contributed by atoms with Gasteiger partial charge >= 0.3 is 0 Å². The van der Waals surface area contributed by atoms with Crippen LogP contribution in [-0.4, -0.2) is 12.7 Å². The maximum Gasteiger partial charge on any atom is 0.0517 e. The van der Waals surface area contributed by atoms with Crippen LogP contribution in [-0.2, 0) is 0 Å². The van der Waals surface area contributed by atoms with Crippen LogP contribution in [0.5, 0.6) is 0 Å². The topological polar surface area (TPSA) is 38.0 Å². The summed E-state index contributed by atoms with van der Waals surface area (Å²) >= 11 is 0. The maximum atomic E-state index is 5.61. The van der Waals surface area contributed by atoms with E-state index in [9.17, 15) is 0 Å². The third kappa shape index (κ3) is 7.34. The Bertz CT molecular complexity index is 175. The lowest BCUT2D eigenvalue weighted by Gasteiger charge is -2.20. The summed E-state index contributed by atoms with van der Waals surface area (Å²) in [5.41, 5.74) is 5.61. The van der Waals surface area contributed by atoms with Gasteiger partial charge in [-0.15, -0.1) is 13.2 Å². The summed E-state index contributed by atoms with van der Waals surface area (Å²) in [4.78, 5) is 0. The predicted octanol–water partition coefficient (Wildman–Crippen LogP) is 2.68. The van der Waals surface area contributed by atoms with Crippen molar-refractivity contribution >= 4 is 0 Å². The molecule has 0 aliphatic carbocycles.